The number of hydrogen-bond acceptors (Lipinski definition) is 8. The minimum Gasteiger partial charge on any atom is -0.497 e. The van der Waals surface area contributed by atoms with Crippen molar-refractivity contribution in [1.29, 1.82) is 0 Å². The van der Waals surface area contributed by atoms with Crippen LogP contribution in [-0.2, 0) is 11.4 Å². The van der Waals surface area contributed by atoms with Crippen molar-refractivity contribution in [3.8, 4) is 33.9 Å². The first kappa shape index (κ1) is 24.2. The Hall–Kier alpha value is -5.18. The quantitative estimate of drug-likeness (QED) is 0.175. The summed E-state index contributed by atoms with van der Waals surface area (Å²) in [6, 6.07) is 25.3. The average Bonchev–Trinajstić information content (AvgIpc) is 3.59. The second-order valence-electron chi connectivity index (χ2n) is 8.80. The van der Waals surface area contributed by atoms with Crippen molar-refractivity contribution < 1.29 is 18.7 Å². The topological polar surface area (TPSA) is 96.3 Å². The lowest BCUT2D eigenvalue weighted by atomic mass is 9.99. The number of nitrogens with zero attached hydrogens (tertiary/aromatic N) is 5. The van der Waals surface area contributed by atoms with Crippen molar-refractivity contribution in [3.05, 3.63) is 96.6 Å². The van der Waals surface area contributed by atoms with Crippen LogP contribution in [0.1, 0.15) is 18.3 Å². The first-order valence-electron chi connectivity index (χ1n) is 12.3. The smallest absolute Gasteiger partial charge is 0.232 e. The zero-order valence-corrected chi connectivity index (χ0v) is 21.7. The Bertz CT molecular complexity index is 1770. The van der Waals surface area contributed by atoms with Crippen LogP contribution in [0, 0.1) is 0 Å². The number of oxime groups is 1. The summed E-state index contributed by atoms with van der Waals surface area (Å²) < 4.78 is 18.7. The van der Waals surface area contributed by atoms with Crippen LogP contribution in [0.4, 0.5) is 0 Å². The van der Waals surface area contributed by atoms with E-state index < -0.39 is 0 Å². The molecule has 3 aromatic carbocycles. The predicted molar refractivity (Wildman–Crippen MR) is 148 cm³/mol. The molecule has 0 unspecified atom stereocenters. The molecule has 0 fully saturated rings. The van der Waals surface area contributed by atoms with Crippen LogP contribution in [0.15, 0.2) is 94.8 Å². The molecular formula is C30H25N5O4. The van der Waals surface area contributed by atoms with Gasteiger partial charge < -0.3 is 18.7 Å². The molecule has 0 aliphatic heterocycles. The van der Waals surface area contributed by atoms with Crippen molar-refractivity contribution >= 4 is 22.5 Å². The Morgan fingerprint density at radius 1 is 0.872 bits per heavy atom. The van der Waals surface area contributed by atoms with Gasteiger partial charge in [0.15, 0.2) is 18.1 Å². The Kier molecular flexibility index (Phi) is 6.38. The summed E-state index contributed by atoms with van der Waals surface area (Å²) in [7, 11) is 3.28. The Balaban J connectivity index is 1.43. The van der Waals surface area contributed by atoms with E-state index in [-0.39, 0.29) is 6.61 Å². The van der Waals surface area contributed by atoms with Gasteiger partial charge in [-0.2, -0.15) is 0 Å². The standard InChI is InChI=1S/C30H25N5O4/c1-19(20-7-5-4-6-8-20)34-38-17-25-32-29-27-26(21-9-13-23(36-2)14-10-21)28(22-11-15-24(37-3)16-12-22)39-30(27)31-18-35(29)33-25/h4-16,18H,17H2,1-3H3/b34-19+. The van der Waals surface area contributed by atoms with Gasteiger partial charge in [0.05, 0.1) is 25.3 Å². The van der Waals surface area contributed by atoms with Crippen molar-refractivity contribution in [2.75, 3.05) is 14.2 Å². The summed E-state index contributed by atoms with van der Waals surface area (Å²) in [5.74, 6) is 2.66. The minimum atomic E-state index is 0.106. The molecule has 6 aromatic rings. The van der Waals surface area contributed by atoms with E-state index >= 15 is 0 Å². The molecule has 0 aliphatic rings. The molecule has 194 valence electrons. The molecule has 0 amide bonds. The number of ether oxygens (including phenoxy) is 2. The molecule has 3 aromatic heterocycles. The highest BCUT2D eigenvalue weighted by Gasteiger charge is 2.23. The zero-order chi connectivity index (χ0) is 26.8. The Labute approximate surface area is 224 Å². The van der Waals surface area contributed by atoms with E-state index in [0.29, 0.717) is 22.9 Å². The average molecular weight is 520 g/mol. The minimum absolute atomic E-state index is 0.106. The third-order valence-electron chi connectivity index (χ3n) is 6.39. The highest BCUT2D eigenvalue weighted by Crippen LogP contribution is 2.42. The van der Waals surface area contributed by atoms with E-state index in [9.17, 15) is 0 Å². The molecule has 0 atom stereocenters. The summed E-state index contributed by atoms with van der Waals surface area (Å²) in [5, 5.41) is 9.55. The van der Waals surface area contributed by atoms with Gasteiger partial charge in [-0.05, 0) is 54.4 Å². The van der Waals surface area contributed by atoms with E-state index in [4.69, 9.17) is 23.7 Å². The van der Waals surface area contributed by atoms with Gasteiger partial charge in [0.2, 0.25) is 5.71 Å². The van der Waals surface area contributed by atoms with Gasteiger partial charge in [-0.25, -0.2) is 14.5 Å². The summed E-state index contributed by atoms with van der Waals surface area (Å²) in [5.41, 5.74) is 5.48. The molecule has 39 heavy (non-hydrogen) atoms. The number of rotatable bonds is 8. The molecule has 0 radical (unpaired) electrons. The van der Waals surface area contributed by atoms with Gasteiger partial charge in [-0.15, -0.1) is 5.10 Å². The van der Waals surface area contributed by atoms with Crippen molar-refractivity contribution in [1.82, 2.24) is 19.6 Å². The zero-order valence-electron chi connectivity index (χ0n) is 21.7. The van der Waals surface area contributed by atoms with Crippen LogP contribution in [0.5, 0.6) is 11.5 Å². The van der Waals surface area contributed by atoms with Gasteiger partial charge in [0.25, 0.3) is 0 Å². The highest BCUT2D eigenvalue weighted by molar-refractivity contribution is 6.07. The SMILES string of the molecule is COc1ccc(-c2oc3ncn4nc(CO/N=C(\C)c5ccccc5)nc4c3c2-c2ccc(OC)cc2)cc1. The van der Waals surface area contributed by atoms with Gasteiger partial charge >= 0.3 is 0 Å². The Morgan fingerprint density at radius 2 is 1.54 bits per heavy atom. The number of furan rings is 1. The number of fused-ring (bicyclic) bond motifs is 3. The molecule has 0 N–H and O–H groups in total. The van der Waals surface area contributed by atoms with Gasteiger partial charge in [0, 0.05) is 11.1 Å². The molecular weight excluding hydrogens is 494 g/mol. The fraction of sp³-hybridized carbons (Fsp3) is 0.133. The molecule has 0 spiro atoms. The molecule has 9 heteroatoms. The first-order valence-corrected chi connectivity index (χ1v) is 12.3. The maximum absolute atomic E-state index is 6.33. The van der Waals surface area contributed by atoms with Gasteiger partial charge in [-0.1, -0.05) is 47.6 Å². The van der Waals surface area contributed by atoms with Crippen molar-refractivity contribution in [2.45, 2.75) is 13.5 Å². The predicted octanol–water partition coefficient (Wildman–Crippen LogP) is 6.16. The maximum atomic E-state index is 6.33. The van der Waals surface area contributed by atoms with E-state index in [1.54, 1.807) is 25.1 Å². The monoisotopic (exact) mass is 519 g/mol. The third-order valence-corrected chi connectivity index (χ3v) is 6.39. The van der Waals surface area contributed by atoms with Crippen molar-refractivity contribution in [2.24, 2.45) is 5.16 Å². The molecule has 0 bridgehead atoms. The lowest BCUT2D eigenvalue weighted by Gasteiger charge is -2.06. The first-order chi connectivity index (χ1) is 19.1. The van der Waals surface area contributed by atoms with Crippen LogP contribution in [-0.4, -0.2) is 39.5 Å². The largest absolute Gasteiger partial charge is 0.497 e. The van der Waals surface area contributed by atoms with Crippen molar-refractivity contribution in [3.63, 3.8) is 0 Å². The molecule has 0 saturated carbocycles. The maximum Gasteiger partial charge on any atom is 0.232 e. The molecule has 0 aliphatic carbocycles. The molecule has 6 rings (SSSR count). The summed E-state index contributed by atoms with van der Waals surface area (Å²) >= 11 is 0. The van der Waals surface area contributed by atoms with E-state index in [0.717, 1.165) is 44.9 Å². The molecule has 0 saturated heterocycles. The lowest BCUT2D eigenvalue weighted by molar-refractivity contribution is 0.125. The normalized spacial score (nSPS) is 11.7. The second-order valence-corrected chi connectivity index (χ2v) is 8.80. The lowest BCUT2D eigenvalue weighted by Crippen LogP contribution is -1.97. The second kappa shape index (κ2) is 10.3. The Morgan fingerprint density at radius 3 is 2.21 bits per heavy atom. The van der Waals surface area contributed by atoms with Crippen LogP contribution in [0.2, 0.25) is 0 Å². The summed E-state index contributed by atoms with van der Waals surface area (Å²) in [6.07, 6.45) is 1.59. The highest BCUT2D eigenvalue weighted by atomic mass is 16.6. The van der Waals surface area contributed by atoms with Crippen LogP contribution < -0.4 is 9.47 Å². The number of methoxy groups -OCH3 is 2. The summed E-state index contributed by atoms with van der Waals surface area (Å²) in [6.45, 7) is 2.00. The third kappa shape index (κ3) is 4.66. The fourth-order valence-electron chi connectivity index (χ4n) is 4.40. The molecule has 3 heterocycles. The fourth-order valence-corrected chi connectivity index (χ4v) is 4.40. The number of aromatic nitrogens is 4. The van der Waals surface area contributed by atoms with E-state index in [2.05, 4.69) is 15.2 Å². The van der Waals surface area contributed by atoms with Gasteiger partial charge in [-0.3, -0.25) is 0 Å². The van der Waals surface area contributed by atoms with Crippen LogP contribution in [0.25, 0.3) is 39.2 Å². The number of hydrogen-bond donors (Lipinski definition) is 0. The molecule has 9 nitrogen and oxygen atoms in total. The summed E-state index contributed by atoms with van der Waals surface area (Å²) in [4.78, 5) is 14.9. The van der Waals surface area contributed by atoms with E-state index in [1.807, 2.05) is 85.8 Å². The van der Waals surface area contributed by atoms with Gasteiger partial charge in [0.1, 0.15) is 23.6 Å². The van der Waals surface area contributed by atoms with Crippen LogP contribution in [0.3, 0.4) is 0 Å². The van der Waals surface area contributed by atoms with Crippen LogP contribution >= 0.6 is 0 Å². The van der Waals surface area contributed by atoms with E-state index in [1.165, 1.54) is 0 Å². The number of benzene rings is 3.